The van der Waals surface area contributed by atoms with Crippen molar-refractivity contribution >= 4 is 11.3 Å². The largest absolute Gasteiger partial charge is 0.419 e. The third-order valence-electron chi connectivity index (χ3n) is 4.20. The van der Waals surface area contributed by atoms with Gasteiger partial charge >= 0.3 is 0 Å². The molecule has 0 bridgehead atoms. The molecule has 0 spiro atoms. The van der Waals surface area contributed by atoms with E-state index in [4.69, 9.17) is 4.42 Å². The number of thiophene rings is 1. The number of hydrogen-bond donors (Lipinski definition) is 0. The molecule has 118 valence electrons. The van der Waals surface area contributed by atoms with Crippen molar-refractivity contribution < 1.29 is 4.42 Å². The van der Waals surface area contributed by atoms with Crippen LogP contribution in [0.5, 0.6) is 0 Å². The van der Waals surface area contributed by atoms with Crippen molar-refractivity contribution in [2.45, 2.75) is 31.8 Å². The third kappa shape index (κ3) is 3.18. The van der Waals surface area contributed by atoms with Crippen LogP contribution in [-0.2, 0) is 6.54 Å². The Morgan fingerprint density at radius 2 is 2.22 bits per heavy atom. The molecule has 0 radical (unpaired) electrons. The average Bonchev–Trinajstić information content (AvgIpc) is 3.28. The first-order valence-corrected chi connectivity index (χ1v) is 8.84. The van der Waals surface area contributed by atoms with Gasteiger partial charge in [-0.15, -0.1) is 10.2 Å². The minimum atomic E-state index is 0.186. The summed E-state index contributed by atoms with van der Waals surface area (Å²) in [6, 6.07) is 8.24. The van der Waals surface area contributed by atoms with Crippen molar-refractivity contribution in [1.82, 2.24) is 20.1 Å². The molecular weight excluding hydrogens is 308 g/mol. The summed E-state index contributed by atoms with van der Waals surface area (Å²) in [6.45, 7) is 1.86. The van der Waals surface area contributed by atoms with Crippen LogP contribution in [0.1, 0.15) is 36.9 Å². The monoisotopic (exact) mass is 326 g/mol. The Hall–Kier alpha value is -2.05. The molecule has 0 unspecified atom stereocenters. The van der Waals surface area contributed by atoms with Gasteiger partial charge in [0.25, 0.3) is 0 Å². The van der Waals surface area contributed by atoms with Gasteiger partial charge in [-0.3, -0.25) is 9.88 Å². The molecule has 1 atom stereocenters. The Morgan fingerprint density at radius 1 is 1.22 bits per heavy atom. The number of pyridine rings is 1. The molecule has 4 heterocycles. The van der Waals surface area contributed by atoms with Gasteiger partial charge < -0.3 is 4.42 Å². The minimum Gasteiger partial charge on any atom is -0.419 e. The molecule has 0 aliphatic carbocycles. The molecule has 1 fully saturated rings. The van der Waals surface area contributed by atoms with E-state index in [1.807, 2.05) is 35.2 Å². The van der Waals surface area contributed by atoms with Crippen molar-refractivity contribution in [3.63, 3.8) is 0 Å². The van der Waals surface area contributed by atoms with Gasteiger partial charge in [-0.2, -0.15) is 11.3 Å². The number of aromatic nitrogens is 3. The fourth-order valence-corrected chi connectivity index (χ4v) is 3.66. The summed E-state index contributed by atoms with van der Waals surface area (Å²) in [7, 11) is 0. The zero-order valence-corrected chi connectivity index (χ0v) is 13.6. The van der Waals surface area contributed by atoms with E-state index in [1.54, 1.807) is 11.3 Å². The molecule has 1 aliphatic rings. The summed E-state index contributed by atoms with van der Waals surface area (Å²) in [6.07, 6.45) is 5.29. The molecule has 23 heavy (non-hydrogen) atoms. The molecule has 3 aromatic rings. The van der Waals surface area contributed by atoms with E-state index in [1.165, 1.54) is 12.8 Å². The van der Waals surface area contributed by atoms with E-state index in [-0.39, 0.29) is 6.04 Å². The highest BCUT2D eigenvalue weighted by Gasteiger charge is 2.29. The van der Waals surface area contributed by atoms with Gasteiger partial charge in [0.05, 0.1) is 11.7 Å². The summed E-state index contributed by atoms with van der Waals surface area (Å²) < 4.78 is 5.96. The van der Waals surface area contributed by atoms with Crippen molar-refractivity contribution in [3.05, 3.63) is 52.8 Å². The molecule has 4 rings (SSSR count). The molecule has 3 aromatic heterocycles. The molecule has 1 aliphatic heterocycles. The van der Waals surface area contributed by atoms with E-state index in [0.717, 1.165) is 36.7 Å². The Morgan fingerprint density at radius 3 is 3.04 bits per heavy atom. The predicted molar refractivity (Wildman–Crippen MR) is 88.9 cm³/mol. The van der Waals surface area contributed by atoms with Crippen LogP contribution in [0.3, 0.4) is 0 Å². The van der Waals surface area contributed by atoms with Gasteiger partial charge in [0.15, 0.2) is 0 Å². The molecule has 0 N–H and O–H groups in total. The lowest BCUT2D eigenvalue weighted by molar-refractivity contribution is 0.117. The fourth-order valence-electron chi connectivity index (χ4n) is 3.03. The van der Waals surface area contributed by atoms with Gasteiger partial charge in [0.2, 0.25) is 11.8 Å². The lowest BCUT2D eigenvalue weighted by Crippen LogP contribution is -2.33. The van der Waals surface area contributed by atoms with E-state index in [0.29, 0.717) is 5.89 Å². The molecule has 5 nitrogen and oxygen atoms in total. The van der Waals surface area contributed by atoms with Crippen LogP contribution in [0.4, 0.5) is 0 Å². The zero-order chi connectivity index (χ0) is 15.5. The topological polar surface area (TPSA) is 55.1 Å². The summed E-state index contributed by atoms with van der Waals surface area (Å²) >= 11 is 1.64. The Kier molecular flexibility index (Phi) is 4.17. The standard InChI is InChI=1S/C17H18N4OS/c1-3-8-18-14(5-1)11-21-9-4-2-6-15(21)17-20-19-16(22-17)13-7-10-23-12-13/h1,3,5,7-8,10,12,15H,2,4,6,9,11H2/t15-/m1/s1. The summed E-state index contributed by atoms with van der Waals surface area (Å²) in [4.78, 5) is 6.84. The van der Waals surface area contributed by atoms with Crippen LogP contribution in [0.25, 0.3) is 11.5 Å². The van der Waals surface area contributed by atoms with E-state index < -0.39 is 0 Å². The maximum absolute atomic E-state index is 5.96. The Balaban J connectivity index is 1.55. The van der Waals surface area contributed by atoms with Crippen LogP contribution in [-0.4, -0.2) is 26.6 Å². The lowest BCUT2D eigenvalue weighted by atomic mass is 10.0. The maximum atomic E-state index is 5.96. The number of nitrogens with zero attached hydrogens (tertiary/aromatic N) is 4. The van der Waals surface area contributed by atoms with E-state index in [2.05, 4.69) is 26.1 Å². The number of piperidine rings is 1. The zero-order valence-electron chi connectivity index (χ0n) is 12.8. The third-order valence-corrected chi connectivity index (χ3v) is 4.88. The first-order valence-electron chi connectivity index (χ1n) is 7.90. The van der Waals surface area contributed by atoms with E-state index >= 15 is 0 Å². The normalized spacial score (nSPS) is 19.0. The SMILES string of the molecule is c1ccc(CN2CCCC[C@@H]2c2nnc(-c3ccsc3)o2)nc1. The molecule has 6 heteroatoms. The van der Waals surface area contributed by atoms with Gasteiger partial charge in [0, 0.05) is 23.7 Å². The van der Waals surface area contributed by atoms with Crippen LogP contribution in [0, 0.1) is 0 Å². The first kappa shape index (κ1) is 14.5. The number of rotatable bonds is 4. The Bertz CT molecular complexity index is 741. The summed E-state index contributed by atoms with van der Waals surface area (Å²) in [5.41, 5.74) is 2.08. The highest BCUT2D eigenvalue weighted by atomic mass is 32.1. The van der Waals surface area contributed by atoms with Crippen molar-refractivity contribution in [3.8, 4) is 11.5 Å². The number of likely N-dealkylation sites (tertiary alicyclic amines) is 1. The smallest absolute Gasteiger partial charge is 0.248 e. The highest BCUT2D eigenvalue weighted by molar-refractivity contribution is 7.08. The fraction of sp³-hybridized carbons (Fsp3) is 0.353. The lowest BCUT2D eigenvalue weighted by Gasteiger charge is -2.33. The quantitative estimate of drug-likeness (QED) is 0.727. The molecule has 1 saturated heterocycles. The highest BCUT2D eigenvalue weighted by Crippen LogP contribution is 2.32. The van der Waals surface area contributed by atoms with Crippen LogP contribution in [0.15, 0.2) is 45.6 Å². The second-order valence-electron chi connectivity index (χ2n) is 5.76. The van der Waals surface area contributed by atoms with Crippen LogP contribution < -0.4 is 0 Å². The average molecular weight is 326 g/mol. The Labute approximate surface area is 139 Å². The minimum absolute atomic E-state index is 0.186. The van der Waals surface area contributed by atoms with Gasteiger partial charge in [0.1, 0.15) is 0 Å². The van der Waals surface area contributed by atoms with Gasteiger partial charge in [-0.25, -0.2) is 0 Å². The maximum Gasteiger partial charge on any atom is 0.248 e. The predicted octanol–water partition coefficient (Wildman–Crippen LogP) is 3.92. The van der Waals surface area contributed by atoms with Crippen molar-refractivity contribution in [1.29, 1.82) is 0 Å². The summed E-state index contributed by atoms with van der Waals surface area (Å²) in [5.74, 6) is 1.34. The molecular formula is C17H18N4OS. The molecule has 0 saturated carbocycles. The molecule has 0 aromatic carbocycles. The van der Waals surface area contributed by atoms with Crippen LogP contribution in [0.2, 0.25) is 0 Å². The van der Waals surface area contributed by atoms with Gasteiger partial charge in [-0.05, 0) is 43.0 Å². The second kappa shape index (κ2) is 6.60. The molecule has 0 amide bonds. The first-order chi connectivity index (χ1) is 11.4. The van der Waals surface area contributed by atoms with Crippen molar-refractivity contribution in [2.24, 2.45) is 0 Å². The second-order valence-corrected chi connectivity index (χ2v) is 6.54. The number of hydrogen-bond acceptors (Lipinski definition) is 6. The van der Waals surface area contributed by atoms with Gasteiger partial charge in [-0.1, -0.05) is 12.5 Å². The van der Waals surface area contributed by atoms with E-state index in [9.17, 15) is 0 Å². The van der Waals surface area contributed by atoms with Crippen molar-refractivity contribution in [2.75, 3.05) is 6.54 Å². The van der Waals surface area contributed by atoms with Crippen LogP contribution >= 0.6 is 11.3 Å². The summed E-state index contributed by atoms with van der Waals surface area (Å²) in [5, 5.41) is 12.6.